The Kier molecular flexibility index (Phi) is 6.26. The third-order valence-corrected chi connectivity index (χ3v) is 5.69. The number of amides is 2. The van der Waals surface area contributed by atoms with Gasteiger partial charge in [-0.15, -0.1) is 0 Å². The smallest absolute Gasteiger partial charge is 0.407 e. The molecule has 0 saturated carbocycles. The van der Waals surface area contributed by atoms with Crippen molar-refractivity contribution in [2.24, 2.45) is 0 Å². The van der Waals surface area contributed by atoms with Crippen LogP contribution in [0.2, 0.25) is 0 Å². The molecule has 0 radical (unpaired) electrons. The maximum absolute atomic E-state index is 13.7. The van der Waals surface area contributed by atoms with Crippen molar-refractivity contribution in [3.05, 3.63) is 78.1 Å². The molecule has 1 atom stereocenters. The minimum Gasteiger partial charge on any atom is -0.465 e. The molecule has 0 bridgehead atoms. The molecule has 2 aromatic carbocycles. The van der Waals surface area contributed by atoms with Crippen molar-refractivity contribution in [3.8, 4) is 5.69 Å². The number of aromatic nitrogens is 3. The van der Waals surface area contributed by atoms with Gasteiger partial charge >= 0.3 is 6.09 Å². The van der Waals surface area contributed by atoms with Gasteiger partial charge in [0, 0.05) is 25.7 Å². The highest BCUT2D eigenvalue weighted by molar-refractivity contribution is 5.98. The van der Waals surface area contributed by atoms with Gasteiger partial charge in [0.1, 0.15) is 0 Å². The zero-order chi connectivity index (χ0) is 21.6. The van der Waals surface area contributed by atoms with Crippen LogP contribution in [0.15, 0.2) is 67.0 Å². The zero-order valence-corrected chi connectivity index (χ0v) is 17.2. The van der Waals surface area contributed by atoms with Gasteiger partial charge in [-0.3, -0.25) is 4.79 Å². The lowest BCUT2D eigenvalue weighted by Crippen LogP contribution is -2.42. The van der Waals surface area contributed by atoms with E-state index in [1.54, 1.807) is 18.5 Å². The van der Waals surface area contributed by atoms with E-state index in [0.29, 0.717) is 37.3 Å². The number of para-hydroxylation sites is 1. The molecular weight excluding hydrogens is 394 g/mol. The topological polar surface area (TPSA) is 91.6 Å². The molecule has 0 unspecified atom stereocenters. The first-order chi connectivity index (χ1) is 15.1. The molecule has 1 fully saturated rings. The van der Waals surface area contributed by atoms with E-state index >= 15 is 0 Å². The Morgan fingerprint density at radius 1 is 0.935 bits per heavy atom. The third-order valence-electron chi connectivity index (χ3n) is 5.69. The number of carboxylic acid groups (broad SMARTS) is 1. The minimum atomic E-state index is -0.947. The number of carbonyl (C=O) groups is 2. The molecule has 160 valence electrons. The van der Waals surface area contributed by atoms with Crippen molar-refractivity contribution in [1.29, 1.82) is 0 Å². The van der Waals surface area contributed by atoms with E-state index in [0.717, 1.165) is 12.8 Å². The fourth-order valence-electron chi connectivity index (χ4n) is 4.04. The summed E-state index contributed by atoms with van der Waals surface area (Å²) < 4.78 is 0. The van der Waals surface area contributed by atoms with Gasteiger partial charge in [-0.05, 0) is 37.0 Å². The molecule has 4 rings (SSSR count). The Morgan fingerprint density at radius 3 is 2.39 bits per heavy atom. The molecule has 0 spiro atoms. The maximum Gasteiger partial charge on any atom is 0.407 e. The molecule has 3 aromatic rings. The predicted molar refractivity (Wildman–Crippen MR) is 115 cm³/mol. The van der Waals surface area contributed by atoms with Gasteiger partial charge < -0.3 is 14.9 Å². The number of hydrogen-bond donors (Lipinski definition) is 1. The molecule has 8 heteroatoms. The standard InChI is InChI=1S/C23H25N5O3/c29-22(20-8-4-5-9-21(20)28-24-13-14-25-28)27-17-16-26(23(30)31)15-12-19(27)11-10-18-6-2-1-3-7-18/h1-9,13-14,19H,10-12,15-17H2,(H,30,31)/t19-/m1/s1. The second-order valence-corrected chi connectivity index (χ2v) is 7.57. The number of carbonyl (C=O) groups excluding carboxylic acids is 1. The van der Waals surface area contributed by atoms with Crippen LogP contribution in [-0.2, 0) is 6.42 Å². The van der Waals surface area contributed by atoms with Gasteiger partial charge in [-0.1, -0.05) is 42.5 Å². The molecule has 1 aliphatic heterocycles. The summed E-state index contributed by atoms with van der Waals surface area (Å²) in [6, 6.07) is 17.3. The van der Waals surface area contributed by atoms with Gasteiger partial charge in [0.2, 0.25) is 0 Å². The van der Waals surface area contributed by atoms with Gasteiger partial charge in [-0.25, -0.2) is 4.79 Å². The predicted octanol–water partition coefficient (Wildman–Crippen LogP) is 3.09. The lowest BCUT2D eigenvalue weighted by molar-refractivity contribution is 0.0676. The lowest BCUT2D eigenvalue weighted by Gasteiger charge is -2.30. The number of nitrogens with zero attached hydrogens (tertiary/aromatic N) is 5. The molecule has 1 N–H and O–H groups in total. The summed E-state index contributed by atoms with van der Waals surface area (Å²) in [4.78, 5) is 29.9. The van der Waals surface area contributed by atoms with Crippen LogP contribution in [0.3, 0.4) is 0 Å². The summed E-state index contributed by atoms with van der Waals surface area (Å²) in [5, 5.41) is 17.8. The highest BCUT2D eigenvalue weighted by Gasteiger charge is 2.31. The quantitative estimate of drug-likeness (QED) is 0.686. The SMILES string of the molecule is O=C(O)N1CC[C@@H](CCc2ccccc2)N(C(=O)c2ccccc2-n2nccn2)CC1. The van der Waals surface area contributed by atoms with Gasteiger partial charge in [0.15, 0.2) is 0 Å². The summed E-state index contributed by atoms with van der Waals surface area (Å²) >= 11 is 0. The van der Waals surface area contributed by atoms with Crippen molar-refractivity contribution in [3.63, 3.8) is 0 Å². The van der Waals surface area contributed by atoms with Gasteiger partial charge in [0.25, 0.3) is 5.91 Å². The summed E-state index contributed by atoms with van der Waals surface area (Å²) in [7, 11) is 0. The Morgan fingerprint density at radius 2 is 1.65 bits per heavy atom. The van der Waals surface area contributed by atoms with E-state index in [9.17, 15) is 14.7 Å². The molecule has 2 heterocycles. The average Bonchev–Trinajstić information content (AvgIpc) is 3.25. The van der Waals surface area contributed by atoms with Gasteiger partial charge in [-0.2, -0.15) is 15.0 Å². The lowest BCUT2D eigenvalue weighted by atomic mass is 10.0. The minimum absolute atomic E-state index is 0.0595. The van der Waals surface area contributed by atoms with Crippen molar-refractivity contribution in [2.75, 3.05) is 19.6 Å². The first kappa shape index (κ1) is 20.6. The normalized spacial score (nSPS) is 16.7. The zero-order valence-electron chi connectivity index (χ0n) is 17.2. The van der Waals surface area contributed by atoms with Crippen molar-refractivity contribution >= 4 is 12.0 Å². The first-order valence-electron chi connectivity index (χ1n) is 10.4. The molecule has 1 saturated heterocycles. The number of benzene rings is 2. The molecule has 31 heavy (non-hydrogen) atoms. The van der Waals surface area contributed by atoms with Crippen LogP contribution in [0.1, 0.15) is 28.8 Å². The van der Waals surface area contributed by atoms with E-state index in [1.807, 2.05) is 41.3 Å². The second-order valence-electron chi connectivity index (χ2n) is 7.57. The van der Waals surface area contributed by atoms with E-state index < -0.39 is 6.09 Å². The molecule has 1 aromatic heterocycles. The van der Waals surface area contributed by atoms with Crippen molar-refractivity contribution in [1.82, 2.24) is 24.8 Å². The number of aryl methyl sites for hydroxylation is 1. The fraction of sp³-hybridized carbons (Fsp3) is 0.304. The number of rotatable bonds is 5. The Labute approximate surface area is 180 Å². The first-order valence-corrected chi connectivity index (χ1v) is 10.4. The molecule has 1 aliphatic rings. The van der Waals surface area contributed by atoms with Gasteiger partial charge in [0.05, 0.1) is 23.6 Å². The van der Waals surface area contributed by atoms with Crippen LogP contribution in [0.25, 0.3) is 5.69 Å². The van der Waals surface area contributed by atoms with E-state index in [-0.39, 0.29) is 11.9 Å². The highest BCUT2D eigenvalue weighted by atomic mass is 16.4. The Hall–Kier alpha value is -3.68. The van der Waals surface area contributed by atoms with E-state index in [2.05, 4.69) is 22.3 Å². The highest BCUT2D eigenvalue weighted by Crippen LogP contribution is 2.22. The Bertz CT molecular complexity index is 1020. The third kappa shape index (κ3) is 4.74. The van der Waals surface area contributed by atoms with Crippen LogP contribution < -0.4 is 0 Å². The summed E-state index contributed by atoms with van der Waals surface area (Å²) in [5.74, 6) is -0.127. The van der Waals surface area contributed by atoms with Crippen LogP contribution >= 0.6 is 0 Å². The van der Waals surface area contributed by atoms with E-state index in [4.69, 9.17) is 0 Å². The van der Waals surface area contributed by atoms with Crippen LogP contribution in [0.5, 0.6) is 0 Å². The summed E-state index contributed by atoms with van der Waals surface area (Å²) in [5.41, 5.74) is 2.32. The maximum atomic E-state index is 13.7. The van der Waals surface area contributed by atoms with Crippen LogP contribution in [0, 0.1) is 0 Å². The molecule has 8 nitrogen and oxygen atoms in total. The average molecular weight is 419 g/mol. The molecule has 0 aliphatic carbocycles. The molecule has 2 amide bonds. The second kappa shape index (κ2) is 9.42. The van der Waals surface area contributed by atoms with Crippen LogP contribution in [0.4, 0.5) is 4.79 Å². The van der Waals surface area contributed by atoms with Crippen molar-refractivity contribution < 1.29 is 14.7 Å². The Balaban J connectivity index is 1.61. The number of hydrogen-bond acceptors (Lipinski definition) is 4. The monoisotopic (exact) mass is 419 g/mol. The largest absolute Gasteiger partial charge is 0.465 e. The van der Waals surface area contributed by atoms with E-state index in [1.165, 1.54) is 15.3 Å². The van der Waals surface area contributed by atoms with Crippen molar-refractivity contribution in [2.45, 2.75) is 25.3 Å². The summed E-state index contributed by atoms with van der Waals surface area (Å²) in [6.07, 6.45) is 4.39. The summed E-state index contributed by atoms with van der Waals surface area (Å²) in [6.45, 7) is 1.07. The van der Waals surface area contributed by atoms with Crippen LogP contribution in [-0.4, -0.2) is 67.6 Å². The fourth-order valence-corrected chi connectivity index (χ4v) is 4.04. The molecular formula is C23H25N5O3.